The van der Waals surface area contributed by atoms with Gasteiger partial charge in [0.1, 0.15) is 5.76 Å². The minimum atomic E-state index is -0.209. The molecule has 0 atom stereocenters. The Bertz CT molecular complexity index is 683. The van der Waals surface area contributed by atoms with Crippen LogP contribution < -0.4 is 5.32 Å². The average molecular weight is 378 g/mol. The highest BCUT2D eigenvalue weighted by molar-refractivity contribution is 14.1. The number of nitrogens with zero attached hydrogens (tertiary/aromatic N) is 1. The summed E-state index contributed by atoms with van der Waals surface area (Å²) in [6, 6.07) is 12.8. The van der Waals surface area contributed by atoms with E-state index in [-0.39, 0.29) is 5.91 Å². The first-order valence-corrected chi connectivity index (χ1v) is 6.95. The number of nitriles is 1. The highest BCUT2D eigenvalue weighted by atomic mass is 127. The maximum atomic E-state index is 11.6. The molecule has 0 spiro atoms. The fraction of sp³-hybridized carbons (Fsp3) is 0.0667. The summed E-state index contributed by atoms with van der Waals surface area (Å²) in [6.45, 7) is 0.383. The molecule has 1 amide bonds. The van der Waals surface area contributed by atoms with Gasteiger partial charge in [-0.15, -0.1) is 0 Å². The molecule has 4 nitrogen and oxygen atoms in total. The predicted molar refractivity (Wildman–Crippen MR) is 83.5 cm³/mol. The molecule has 2 rings (SSSR count). The Kier molecular flexibility index (Phi) is 4.96. The largest absolute Gasteiger partial charge is 0.451 e. The molecule has 1 aromatic heterocycles. The Hall–Kier alpha value is -2.07. The van der Waals surface area contributed by atoms with Crippen molar-refractivity contribution < 1.29 is 9.21 Å². The molecule has 1 aromatic carbocycles. The van der Waals surface area contributed by atoms with Crippen LogP contribution >= 0.6 is 22.6 Å². The maximum Gasteiger partial charge on any atom is 0.244 e. The SMILES string of the molecule is N#Cc1cccc(CNC(=O)/C=C/c2ccc(I)o2)c1. The molecule has 0 saturated heterocycles. The summed E-state index contributed by atoms with van der Waals surface area (Å²) in [5.41, 5.74) is 1.47. The van der Waals surface area contributed by atoms with Crippen molar-refractivity contribution in [2.75, 3.05) is 0 Å². The molecule has 0 fully saturated rings. The van der Waals surface area contributed by atoms with Crippen molar-refractivity contribution in [2.45, 2.75) is 6.54 Å². The Labute approximate surface area is 130 Å². The van der Waals surface area contributed by atoms with Crippen LogP contribution in [0.2, 0.25) is 0 Å². The summed E-state index contributed by atoms with van der Waals surface area (Å²) in [6.07, 6.45) is 3.03. The lowest BCUT2D eigenvalue weighted by atomic mass is 10.1. The highest BCUT2D eigenvalue weighted by Gasteiger charge is 1.99. The number of amides is 1. The van der Waals surface area contributed by atoms with E-state index in [0.717, 1.165) is 9.33 Å². The molecule has 5 heteroatoms. The van der Waals surface area contributed by atoms with Crippen LogP contribution in [0.25, 0.3) is 6.08 Å². The number of halogens is 1. The third-order valence-corrected chi connectivity index (χ3v) is 3.10. The molecule has 0 unspecified atom stereocenters. The van der Waals surface area contributed by atoms with E-state index in [4.69, 9.17) is 9.68 Å². The zero-order chi connectivity index (χ0) is 14.4. The molecular formula is C15H11IN2O2. The second-order valence-electron chi connectivity index (χ2n) is 4.01. The van der Waals surface area contributed by atoms with E-state index in [1.54, 1.807) is 30.3 Å². The number of hydrogen-bond acceptors (Lipinski definition) is 3. The van der Waals surface area contributed by atoms with Crippen LogP contribution in [0.4, 0.5) is 0 Å². The molecule has 0 radical (unpaired) electrons. The summed E-state index contributed by atoms with van der Waals surface area (Å²) < 4.78 is 6.08. The Balaban J connectivity index is 1.89. The first-order valence-electron chi connectivity index (χ1n) is 5.87. The fourth-order valence-electron chi connectivity index (χ4n) is 1.57. The van der Waals surface area contributed by atoms with Crippen molar-refractivity contribution >= 4 is 34.6 Å². The number of benzene rings is 1. The molecular weight excluding hydrogens is 367 g/mol. The topological polar surface area (TPSA) is 66.0 Å². The van der Waals surface area contributed by atoms with Gasteiger partial charge < -0.3 is 9.73 Å². The van der Waals surface area contributed by atoms with Crippen molar-refractivity contribution in [3.63, 3.8) is 0 Å². The van der Waals surface area contributed by atoms with Gasteiger partial charge in [-0.05, 0) is 58.5 Å². The Morgan fingerprint density at radius 3 is 2.95 bits per heavy atom. The summed E-state index contributed by atoms with van der Waals surface area (Å²) in [4.78, 5) is 11.6. The number of furan rings is 1. The molecule has 0 saturated carbocycles. The molecule has 0 aliphatic rings. The van der Waals surface area contributed by atoms with Crippen molar-refractivity contribution in [3.05, 3.63) is 63.1 Å². The van der Waals surface area contributed by atoms with Gasteiger partial charge >= 0.3 is 0 Å². The molecule has 2 aromatic rings. The Morgan fingerprint density at radius 2 is 2.25 bits per heavy atom. The third kappa shape index (κ3) is 4.24. The van der Waals surface area contributed by atoms with Crippen LogP contribution in [0.3, 0.4) is 0 Å². The summed E-state index contributed by atoms with van der Waals surface area (Å²) in [5.74, 6) is 0.426. The fourth-order valence-corrected chi connectivity index (χ4v) is 2.01. The number of carbonyl (C=O) groups is 1. The van der Waals surface area contributed by atoms with E-state index in [2.05, 4.69) is 34.0 Å². The molecule has 20 heavy (non-hydrogen) atoms. The summed E-state index contributed by atoms with van der Waals surface area (Å²) >= 11 is 2.06. The van der Waals surface area contributed by atoms with Crippen molar-refractivity contribution in [1.29, 1.82) is 5.26 Å². The normalized spacial score (nSPS) is 10.4. The van der Waals surface area contributed by atoms with Gasteiger partial charge in [0.25, 0.3) is 0 Å². The van der Waals surface area contributed by atoms with E-state index in [9.17, 15) is 4.79 Å². The van der Waals surface area contributed by atoms with Gasteiger partial charge in [0.2, 0.25) is 5.91 Å². The van der Waals surface area contributed by atoms with Crippen LogP contribution in [0.15, 0.2) is 46.9 Å². The molecule has 0 aliphatic carbocycles. The highest BCUT2D eigenvalue weighted by Crippen LogP contribution is 2.11. The van der Waals surface area contributed by atoms with Crippen LogP contribution in [-0.4, -0.2) is 5.91 Å². The number of carbonyl (C=O) groups excluding carboxylic acids is 1. The zero-order valence-corrected chi connectivity index (χ0v) is 12.6. The standard InChI is InChI=1S/C15H11IN2O2/c16-14-6-4-13(20-14)5-7-15(19)18-10-12-3-1-2-11(8-12)9-17/h1-8H,10H2,(H,18,19)/b7-5+. The van der Waals surface area contributed by atoms with Crippen LogP contribution in [-0.2, 0) is 11.3 Å². The predicted octanol–water partition coefficient (Wildman–Crippen LogP) is 3.09. The van der Waals surface area contributed by atoms with E-state index in [1.165, 1.54) is 6.08 Å². The lowest BCUT2D eigenvalue weighted by molar-refractivity contribution is -0.116. The van der Waals surface area contributed by atoms with Gasteiger partial charge in [0, 0.05) is 12.6 Å². The van der Waals surface area contributed by atoms with E-state index < -0.39 is 0 Å². The molecule has 1 N–H and O–H groups in total. The van der Waals surface area contributed by atoms with Crippen molar-refractivity contribution in [2.24, 2.45) is 0 Å². The molecule has 0 aliphatic heterocycles. The van der Waals surface area contributed by atoms with Crippen LogP contribution in [0.1, 0.15) is 16.9 Å². The van der Waals surface area contributed by atoms with Gasteiger partial charge in [0.05, 0.1) is 11.6 Å². The third-order valence-electron chi connectivity index (χ3n) is 2.52. The van der Waals surface area contributed by atoms with Gasteiger partial charge in [-0.2, -0.15) is 5.26 Å². The number of rotatable bonds is 4. The lowest BCUT2D eigenvalue weighted by Crippen LogP contribution is -2.20. The molecule has 1 heterocycles. The van der Waals surface area contributed by atoms with Gasteiger partial charge in [0.15, 0.2) is 3.77 Å². The Morgan fingerprint density at radius 1 is 1.40 bits per heavy atom. The molecule has 100 valence electrons. The smallest absolute Gasteiger partial charge is 0.244 e. The van der Waals surface area contributed by atoms with Crippen LogP contribution in [0.5, 0.6) is 0 Å². The minimum absolute atomic E-state index is 0.209. The number of nitrogens with one attached hydrogen (secondary N) is 1. The van der Waals surface area contributed by atoms with Crippen LogP contribution in [0, 0.1) is 15.1 Å². The van der Waals surface area contributed by atoms with E-state index in [1.807, 2.05) is 12.1 Å². The zero-order valence-electron chi connectivity index (χ0n) is 10.5. The summed E-state index contributed by atoms with van der Waals surface area (Å²) in [7, 11) is 0. The van der Waals surface area contributed by atoms with Gasteiger partial charge in [-0.3, -0.25) is 4.79 Å². The minimum Gasteiger partial charge on any atom is -0.451 e. The number of hydrogen-bond donors (Lipinski definition) is 1. The van der Waals surface area contributed by atoms with E-state index in [0.29, 0.717) is 17.9 Å². The lowest BCUT2D eigenvalue weighted by Gasteiger charge is -2.02. The van der Waals surface area contributed by atoms with Gasteiger partial charge in [-0.25, -0.2) is 0 Å². The summed E-state index contributed by atoms with van der Waals surface area (Å²) in [5, 5.41) is 11.5. The average Bonchev–Trinajstić information content (AvgIpc) is 2.89. The quantitative estimate of drug-likeness (QED) is 0.657. The first-order chi connectivity index (χ1) is 9.67. The first kappa shape index (κ1) is 14.3. The maximum absolute atomic E-state index is 11.6. The second-order valence-corrected chi connectivity index (χ2v) is 5.07. The second kappa shape index (κ2) is 6.91. The molecule has 0 bridgehead atoms. The van der Waals surface area contributed by atoms with Crippen molar-refractivity contribution in [3.8, 4) is 6.07 Å². The van der Waals surface area contributed by atoms with Crippen molar-refractivity contribution in [1.82, 2.24) is 5.32 Å². The van der Waals surface area contributed by atoms with Gasteiger partial charge in [-0.1, -0.05) is 12.1 Å². The van der Waals surface area contributed by atoms with E-state index >= 15 is 0 Å². The monoisotopic (exact) mass is 378 g/mol.